The van der Waals surface area contributed by atoms with Crippen molar-refractivity contribution in [3.63, 3.8) is 0 Å². The molecule has 0 aromatic carbocycles. The van der Waals surface area contributed by atoms with E-state index in [1.165, 1.54) is 12.8 Å². The van der Waals surface area contributed by atoms with Crippen LogP contribution >= 0.6 is 0 Å². The first-order valence-electron chi connectivity index (χ1n) is 7.02. The minimum absolute atomic E-state index is 0.266. The van der Waals surface area contributed by atoms with Crippen LogP contribution in [0.25, 0.3) is 0 Å². The van der Waals surface area contributed by atoms with Crippen LogP contribution in [0, 0.1) is 11.3 Å². The number of hydrogen-bond acceptors (Lipinski definition) is 2. The van der Waals surface area contributed by atoms with Crippen molar-refractivity contribution in [3.8, 4) is 0 Å². The van der Waals surface area contributed by atoms with E-state index in [0.29, 0.717) is 0 Å². The van der Waals surface area contributed by atoms with Crippen molar-refractivity contribution < 1.29 is 9.84 Å². The first kappa shape index (κ1) is 15.0. The van der Waals surface area contributed by atoms with Gasteiger partial charge in [-0.05, 0) is 49.9 Å². The van der Waals surface area contributed by atoms with Crippen LogP contribution in [0.5, 0.6) is 0 Å². The Morgan fingerprint density at radius 1 is 1.29 bits per heavy atom. The maximum Gasteiger partial charge on any atom is 0.0936 e. The van der Waals surface area contributed by atoms with Crippen molar-refractivity contribution in [3.05, 3.63) is 0 Å². The fraction of sp³-hybridized carbons (Fsp3) is 1.00. The highest BCUT2D eigenvalue weighted by atomic mass is 16.5. The third kappa shape index (κ3) is 4.26. The van der Waals surface area contributed by atoms with Crippen LogP contribution in [0.1, 0.15) is 66.2 Å². The quantitative estimate of drug-likeness (QED) is 0.813. The Hall–Kier alpha value is -0.0800. The largest absolute Gasteiger partial charge is 0.390 e. The van der Waals surface area contributed by atoms with Gasteiger partial charge in [-0.25, -0.2) is 0 Å². The summed E-state index contributed by atoms with van der Waals surface area (Å²) in [6, 6.07) is 0. The summed E-state index contributed by atoms with van der Waals surface area (Å²) in [5.74, 6) is 0.785. The minimum Gasteiger partial charge on any atom is -0.390 e. The van der Waals surface area contributed by atoms with E-state index >= 15 is 0 Å². The molecule has 0 spiro atoms. The van der Waals surface area contributed by atoms with Gasteiger partial charge in [0.05, 0.1) is 11.7 Å². The van der Waals surface area contributed by atoms with Crippen molar-refractivity contribution in [1.29, 1.82) is 0 Å². The second-order valence-electron chi connectivity index (χ2n) is 7.07. The Labute approximate surface area is 107 Å². The van der Waals surface area contributed by atoms with E-state index < -0.39 is 0 Å². The van der Waals surface area contributed by atoms with Crippen LogP contribution in [0.3, 0.4) is 0 Å². The van der Waals surface area contributed by atoms with Gasteiger partial charge in [-0.2, -0.15) is 0 Å². The highest BCUT2D eigenvalue weighted by Gasteiger charge is 2.40. The van der Waals surface area contributed by atoms with Gasteiger partial charge in [0.1, 0.15) is 0 Å². The fourth-order valence-electron chi connectivity index (χ4n) is 2.76. The fourth-order valence-corrected chi connectivity index (χ4v) is 2.76. The van der Waals surface area contributed by atoms with Gasteiger partial charge in [0.25, 0.3) is 0 Å². The monoisotopic (exact) mass is 242 g/mol. The molecule has 0 heterocycles. The molecule has 102 valence electrons. The van der Waals surface area contributed by atoms with Crippen molar-refractivity contribution in [2.24, 2.45) is 11.3 Å². The van der Waals surface area contributed by atoms with Gasteiger partial charge in [0, 0.05) is 7.11 Å². The Balaban J connectivity index is 2.54. The van der Waals surface area contributed by atoms with Crippen LogP contribution < -0.4 is 0 Å². The Kier molecular flexibility index (Phi) is 5.03. The zero-order chi connectivity index (χ0) is 13.1. The minimum atomic E-state index is -0.306. The lowest BCUT2D eigenvalue weighted by molar-refractivity contribution is -0.132. The summed E-state index contributed by atoms with van der Waals surface area (Å²) in [5, 5.41) is 10.4. The summed E-state index contributed by atoms with van der Waals surface area (Å²) in [7, 11) is 1.76. The Bertz CT molecular complexity index is 222. The number of methoxy groups -OCH3 is 1. The number of aliphatic hydroxyl groups is 1. The first-order chi connectivity index (χ1) is 7.79. The maximum absolute atomic E-state index is 10.4. The van der Waals surface area contributed by atoms with E-state index in [1.54, 1.807) is 7.11 Å². The molecule has 0 radical (unpaired) electrons. The van der Waals surface area contributed by atoms with Gasteiger partial charge in [0.15, 0.2) is 0 Å². The van der Waals surface area contributed by atoms with Crippen molar-refractivity contribution in [1.82, 2.24) is 0 Å². The summed E-state index contributed by atoms with van der Waals surface area (Å²) in [6.45, 7) is 8.97. The molecule has 0 aromatic heterocycles. The zero-order valence-corrected chi connectivity index (χ0v) is 12.3. The lowest BCUT2D eigenvalue weighted by atomic mass is 9.74. The summed E-state index contributed by atoms with van der Waals surface area (Å²) in [4.78, 5) is 0. The molecule has 0 amide bonds. The molecule has 1 rings (SSSR count). The van der Waals surface area contributed by atoms with E-state index in [1.807, 2.05) is 0 Å². The molecule has 1 aliphatic carbocycles. The highest BCUT2D eigenvalue weighted by Crippen LogP contribution is 2.39. The molecule has 17 heavy (non-hydrogen) atoms. The number of ether oxygens (including phenoxy) is 1. The molecule has 1 atom stereocenters. The standard InChI is InChI=1S/C15H30O2/c1-12-6-10-15(17-5,11-7-12)13(16)8-9-14(2,3)4/h12-13,16H,6-11H2,1-5H3. The van der Waals surface area contributed by atoms with Gasteiger partial charge >= 0.3 is 0 Å². The average molecular weight is 242 g/mol. The van der Waals surface area contributed by atoms with Gasteiger partial charge in [0.2, 0.25) is 0 Å². The average Bonchev–Trinajstić information content (AvgIpc) is 2.26. The molecule has 0 aliphatic heterocycles. The van der Waals surface area contributed by atoms with Gasteiger partial charge < -0.3 is 9.84 Å². The van der Waals surface area contributed by atoms with E-state index in [9.17, 15) is 5.11 Å². The number of rotatable bonds is 4. The molecular formula is C15H30O2. The van der Waals surface area contributed by atoms with E-state index in [2.05, 4.69) is 27.7 Å². The van der Waals surface area contributed by atoms with Crippen molar-refractivity contribution in [2.75, 3.05) is 7.11 Å². The van der Waals surface area contributed by atoms with Crippen LogP contribution in [-0.4, -0.2) is 23.9 Å². The van der Waals surface area contributed by atoms with Crippen LogP contribution in [0.4, 0.5) is 0 Å². The summed E-state index contributed by atoms with van der Waals surface area (Å²) >= 11 is 0. The molecule has 0 aromatic rings. The zero-order valence-electron chi connectivity index (χ0n) is 12.3. The smallest absolute Gasteiger partial charge is 0.0936 e. The lowest BCUT2D eigenvalue weighted by Gasteiger charge is -2.42. The molecular weight excluding hydrogens is 212 g/mol. The maximum atomic E-state index is 10.4. The molecule has 1 saturated carbocycles. The third-order valence-corrected chi connectivity index (χ3v) is 4.30. The SMILES string of the molecule is COC1(C(O)CCC(C)(C)C)CCC(C)CC1. The number of hydrogen-bond donors (Lipinski definition) is 1. The van der Waals surface area contributed by atoms with Gasteiger partial charge in [-0.1, -0.05) is 27.7 Å². The van der Waals surface area contributed by atoms with E-state index in [0.717, 1.165) is 31.6 Å². The molecule has 0 bridgehead atoms. The van der Waals surface area contributed by atoms with Crippen LogP contribution in [-0.2, 0) is 4.74 Å². The highest BCUT2D eigenvalue weighted by molar-refractivity contribution is 4.92. The molecule has 2 nitrogen and oxygen atoms in total. The Morgan fingerprint density at radius 2 is 1.82 bits per heavy atom. The predicted octanol–water partition coefficient (Wildman–Crippen LogP) is 3.77. The normalized spacial score (nSPS) is 32.5. The molecule has 1 unspecified atom stereocenters. The molecule has 1 aliphatic rings. The van der Waals surface area contributed by atoms with E-state index in [4.69, 9.17) is 4.74 Å². The van der Waals surface area contributed by atoms with Crippen LogP contribution in [0.2, 0.25) is 0 Å². The molecule has 1 N–H and O–H groups in total. The summed E-state index contributed by atoms with van der Waals surface area (Å²) < 4.78 is 5.70. The lowest BCUT2D eigenvalue weighted by Crippen LogP contribution is -2.47. The molecule has 0 saturated heterocycles. The number of aliphatic hydroxyl groups excluding tert-OH is 1. The Morgan fingerprint density at radius 3 is 2.24 bits per heavy atom. The van der Waals surface area contributed by atoms with E-state index in [-0.39, 0.29) is 17.1 Å². The second-order valence-corrected chi connectivity index (χ2v) is 7.07. The van der Waals surface area contributed by atoms with Crippen LogP contribution in [0.15, 0.2) is 0 Å². The molecule has 2 heteroatoms. The van der Waals surface area contributed by atoms with Crippen molar-refractivity contribution >= 4 is 0 Å². The topological polar surface area (TPSA) is 29.5 Å². The van der Waals surface area contributed by atoms with Gasteiger partial charge in [-0.3, -0.25) is 0 Å². The first-order valence-corrected chi connectivity index (χ1v) is 7.02. The summed E-state index contributed by atoms with van der Waals surface area (Å²) in [6.07, 6.45) is 5.98. The van der Waals surface area contributed by atoms with Gasteiger partial charge in [-0.15, -0.1) is 0 Å². The molecule has 1 fully saturated rings. The second kappa shape index (κ2) is 5.71. The van der Waals surface area contributed by atoms with Crippen molar-refractivity contribution in [2.45, 2.75) is 77.9 Å². The predicted molar refractivity (Wildman–Crippen MR) is 72.1 cm³/mol. The summed E-state index contributed by atoms with van der Waals surface area (Å²) in [5.41, 5.74) is 0.0234. The third-order valence-electron chi connectivity index (χ3n) is 4.30.